The lowest BCUT2D eigenvalue weighted by Gasteiger charge is -2.09. The molecule has 3 nitrogen and oxygen atoms in total. The third kappa shape index (κ3) is 2.59. The number of allylic oxidation sites excluding steroid dienone is 1. The Morgan fingerprint density at radius 3 is 3.00 bits per heavy atom. The van der Waals surface area contributed by atoms with Crippen molar-refractivity contribution in [2.45, 2.75) is 12.8 Å². The number of aliphatic imine (C=N–C) groups is 1. The molecule has 0 aliphatic carbocycles. The maximum atomic E-state index is 5.62. The van der Waals surface area contributed by atoms with Crippen LogP contribution in [0.3, 0.4) is 0 Å². The van der Waals surface area contributed by atoms with E-state index in [-0.39, 0.29) is 0 Å². The van der Waals surface area contributed by atoms with Crippen LogP contribution < -0.4 is 10.1 Å². The Bertz CT molecular complexity index is 396. The average molecular weight is 202 g/mol. The summed E-state index contributed by atoms with van der Waals surface area (Å²) in [5.74, 6) is 1.50. The second-order valence-corrected chi connectivity index (χ2v) is 3.31. The standard InChI is InChI=1S/C12H14N2O/c1-13-10-5-4-6-11(9-10)15-12-7-2-3-8-14-12/h4-9,13H,2-3H2,1H3. The maximum absolute atomic E-state index is 5.62. The molecule has 0 spiro atoms. The summed E-state index contributed by atoms with van der Waals surface area (Å²) in [6.07, 6.45) is 5.90. The van der Waals surface area contributed by atoms with E-state index < -0.39 is 0 Å². The van der Waals surface area contributed by atoms with Crippen molar-refractivity contribution >= 4 is 11.9 Å². The molecule has 1 aliphatic heterocycles. The minimum atomic E-state index is 0.689. The summed E-state index contributed by atoms with van der Waals surface area (Å²) in [7, 11) is 1.89. The predicted octanol–water partition coefficient (Wildman–Crippen LogP) is 2.81. The van der Waals surface area contributed by atoms with Crippen LogP contribution in [0, 0.1) is 0 Å². The van der Waals surface area contributed by atoms with Crippen molar-refractivity contribution in [3.05, 3.63) is 36.2 Å². The molecular weight excluding hydrogens is 188 g/mol. The molecule has 1 N–H and O–H groups in total. The zero-order chi connectivity index (χ0) is 10.5. The van der Waals surface area contributed by atoms with Gasteiger partial charge in [0.1, 0.15) is 5.75 Å². The number of benzene rings is 1. The van der Waals surface area contributed by atoms with Crippen molar-refractivity contribution in [1.29, 1.82) is 0 Å². The molecular formula is C12H14N2O. The van der Waals surface area contributed by atoms with Gasteiger partial charge in [0, 0.05) is 25.0 Å². The topological polar surface area (TPSA) is 33.6 Å². The summed E-state index contributed by atoms with van der Waals surface area (Å²) in [4.78, 5) is 4.17. The normalized spacial score (nSPS) is 14.6. The van der Waals surface area contributed by atoms with Gasteiger partial charge in [-0.1, -0.05) is 6.07 Å². The minimum Gasteiger partial charge on any atom is -0.439 e. The fourth-order valence-corrected chi connectivity index (χ4v) is 1.39. The molecule has 15 heavy (non-hydrogen) atoms. The highest BCUT2D eigenvalue weighted by atomic mass is 16.5. The molecule has 3 heteroatoms. The quantitative estimate of drug-likeness (QED) is 0.817. The number of nitrogens with one attached hydrogen (secondary N) is 1. The van der Waals surface area contributed by atoms with Crippen molar-refractivity contribution in [2.24, 2.45) is 4.99 Å². The van der Waals surface area contributed by atoms with Crippen LogP contribution in [0.15, 0.2) is 41.2 Å². The van der Waals surface area contributed by atoms with E-state index in [9.17, 15) is 0 Å². The maximum Gasteiger partial charge on any atom is 0.214 e. The summed E-state index contributed by atoms with van der Waals surface area (Å²) < 4.78 is 5.62. The first-order valence-electron chi connectivity index (χ1n) is 5.07. The molecule has 0 bridgehead atoms. The van der Waals surface area contributed by atoms with Crippen LogP contribution in [0.1, 0.15) is 12.8 Å². The van der Waals surface area contributed by atoms with Gasteiger partial charge in [0.15, 0.2) is 0 Å². The first-order valence-corrected chi connectivity index (χ1v) is 5.07. The molecule has 0 radical (unpaired) electrons. The van der Waals surface area contributed by atoms with Gasteiger partial charge in [0.2, 0.25) is 5.88 Å². The molecule has 1 aromatic carbocycles. The summed E-state index contributed by atoms with van der Waals surface area (Å²) in [5, 5.41) is 3.07. The van der Waals surface area contributed by atoms with Gasteiger partial charge in [-0.2, -0.15) is 0 Å². The SMILES string of the molecule is CNc1cccc(OC2=CCCC=N2)c1. The van der Waals surface area contributed by atoms with Crippen LogP contribution in [0.5, 0.6) is 5.75 Å². The van der Waals surface area contributed by atoms with E-state index in [2.05, 4.69) is 10.3 Å². The molecule has 1 aliphatic rings. The van der Waals surface area contributed by atoms with E-state index >= 15 is 0 Å². The van der Waals surface area contributed by atoms with E-state index in [4.69, 9.17) is 4.74 Å². The van der Waals surface area contributed by atoms with Crippen molar-refractivity contribution in [3.8, 4) is 5.75 Å². The largest absolute Gasteiger partial charge is 0.439 e. The lowest BCUT2D eigenvalue weighted by Crippen LogP contribution is -1.97. The third-order valence-electron chi connectivity index (χ3n) is 2.18. The molecule has 0 unspecified atom stereocenters. The number of rotatable bonds is 3. The van der Waals surface area contributed by atoms with Crippen molar-refractivity contribution < 1.29 is 4.74 Å². The number of nitrogens with zero attached hydrogens (tertiary/aromatic N) is 1. The fraction of sp³-hybridized carbons (Fsp3) is 0.250. The molecule has 0 saturated carbocycles. The molecule has 1 heterocycles. The number of hydrogen-bond acceptors (Lipinski definition) is 3. The molecule has 0 atom stereocenters. The van der Waals surface area contributed by atoms with E-state index in [1.165, 1.54) is 0 Å². The average Bonchev–Trinajstić information content (AvgIpc) is 2.31. The predicted molar refractivity (Wildman–Crippen MR) is 62.4 cm³/mol. The van der Waals surface area contributed by atoms with Crippen LogP contribution >= 0.6 is 0 Å². The van der Waals surface area contributed by atoms with Crippen LogP contribution in [0.4, 0.5) is 5.69 Å². The summed E-state index contributed by atoms with van der Waals surface area (Å²) in [5.41, 5.74) is 1.04. The monoisotopic (exact) mass is 202 g/mol. The molecule has 0 saturated heterocycles. The second kappa shape index (κ2) is 4.64. The molecule has 0 amide bonds. The Morgan fingerprint density at radius 2 is 2.27 bits per heavy atom. The number of ether oxygens (including phenoxy) is 1. The highest BCUT2D eigenvalue weighted by Crippen LogP contribution is 2.20. The van der Waals surface area contributed by atoms with Gasteiger partial charge < -0.3 is 10.1 Å². The van der Waals surface area contributed by atoms with Crippen LogP contribution in [0.2, 0.25) is 0 Å². The molecule has 0 aromatic heterocycles. The third-order valence-corrected chi connectivity index (χ3v) is 2.18. The smallest absolute Gasteiger partial charge is 0.214 e. The molecule has 78 valence electrons. The Labute approximate surface area is 89.5 Å². The molecule has 2 rings (SSSR count). The van der Waals surface area contributed by atoms with E-state index in [1.807, 2.05) is 43.6 Å². The Hall–Kier alpha value is -1.77. The molecule has 0 fully saturated rings. The van der Waals surface area contributed by atoms with E-state index in [0.717, 1.165) is 24.3 Å². The zero-order valence-corrected chi connectivity index (χ0v) is 8.73. The van der Waals surface area contributed by atoms with Gasteiger partial charge in [-0.3, -0.25) is 0 Å². The Kier molecular flexibility index (Phi) is 3.02. The highest BCUT2D eigenvalue weighted by molar-refractivity contribution is 5.60. The summed E-state index contributed by atoms with van der Waals surface area (Å²) >= 11 is 0. The second-order valence-electron chi connectivity index (χ2n) is 3.31. The minimum absolute atomic E-state index is 0.689. The lowest BCUT2D eigenvalue weighted by molar-refractivity contribution is 0.416. The van der Waals surface area contributed by atoms with Crippen molar-refractivity contribution in [3.63, 3.8) is 0 Å². The molecule has 1 aromatic rings. The van der Waals surface area contributed by atoms with Gasteiger partial charge in [-0.05, 0) is 31.1 Å². The lowest BCUT2D eigenvalue weighted by atomic mass is 10.3. The van der Waals surface area contributed by atoms with E-state index in [0.29, 0.717) is 5.88 Å². The number of hydrogen-bond donors (Lipinski definition) is 1. The summed E-state index contributed by atoms with van der Waals surface area (Å²) in [6.45, 7) is 0. The van der Waals surface area contributed by atoms with Crippen LogP contribution in [0.25, 0.3) is 0 Å². The van der Waals surface area contributed by atoms with Crippen molar-refractivity contribution in [2.75, 3.05) is 12.4 Å². The van der Waals surface area contributed by atoms with Gasteiger partial charge in [-0.15, -0.1) is 0 Å². The van der Waals surface area contributed by atoms with E-state index in [1.54, 1.807) is 0 Å². The van der Waals surface area contributed by atoms with Gasteiger partial charge in [0.25, 0.3) is 0 Å². The Balaban J connectivity index is 2.10. The Morgan fingerprint density at radius 1 is 1.33 bits per heavy atom. The zero-order valence-electron chi connectivity index (χ0n) is 8.73. The van der Waals surface area contributed by atoms with Crippen LogP contribution in [-0.2, 0) is 0 Å². The van der Waals surface area contributed by atoms with Gasteiger partial charge >= 0.3 is 0 Å². The summed E-state index contributed by atoms with van der Waals surface area (Å²) in [6, 6.07) is 7.82. The first-order chi connectivity index (χ1) is 7.38. The number of anilines is 1. The van der Waals surface area contributed by atoms with Gasteiger partial charge in [0.05, 0.1) is 0 Å². The van der Waals surface area contributed by atoms with Crippen molar-refractivity contribution in [1.82, 2.24) is 0 Å². The van der Waals surface area contributed by atoms with Crippen LogP contribution in [-0.4, -0.2) is 13.3 Å². The first kappa shape index (κ1) is 9.77. The fourth-order valence-electron chi connectivity index (χ4n) is 1.39. The highest BCUT2D eigenvalue weighted by Gasteiger charge is 2.01. The van der Waals surface area contributed by atoms with Gasteiger partial charge in [-0.25, -0.2) is 4.99 Å².